The second kappa shape index (κ2) is 5.27. The van der Waals surface area contributed by atoms with Crippen molar-refractivity contribution < 1.29 is 4.74 Å². The minimum absolute atomic E-state index is 0.396. The molecule has 2 rings (SSSR count). The summed E-state index contributed by atoms with van der Waals surface area (Å²) in [6.45, 7) is 0. The zero-order chi connectivity index (χ0) is 13.8. The van der Waals surface area contributed by atoms with Crippen LogP contribution in [0.1, 0.15) is 5.56 Å². The minimum atomic E-state index is 0.396. The minimum Gasteiger partial charge on any atom is -0.452 e. The number of nitrogens with two attached hydrogens (primary N) is 1. The van der Waals surface area contributed by atoms with E-state index in [-0.39, 0.29) is 0 Å². The molecule has 0 amide bonds. The van der Waals surface area contributed by atoms with Crippen molar-refractivity contribution in [3.05, 3.63) is 42.2 Å². The maximum absolute atomic E-state index is 9.01. The second-order valence-corrected chi connectivity index (χ2v) is 4.20. The lowest BCUT2D eigenvalue weighted by atomic mass is 10.2. The molecule has 0 aliphatic heterocycles. The standard InChI is InChI=1S/C14H14N4O/c1-18(2)11-3-4-12(16)13(7-11)19-14-9-17-6-5-10(14)8-15/h3-7,9H,16H2,1-2H3. The van der Waals surface area contributed by atoms with Gasteiger partial charge in [-0.1, -0.05) is 0 Å². The average molecular weight is 254 g/mol. The first kappa shape index (κ1) is 12.7. The van der Waals surface area contributed by atoms with Crippen LogP contribution in [0.2, 0.25) is 0 Å². The highest BCUT2D eigenvalue weighted by molar-refractivity contribution is 5.63. The maximum atomic E-state index is 9.01. The number of anilines is 2. The summed E-state index contributed by atoms with van der Waals surface area (Å²) in [5.41, 5.74) is 7.78. The Bertz CT molecular complexity index is 632. The lowest BCUT2D eigenvalue weighted by molar-refractivity contribution is 0.481. The van der Waals surface area contributed by atoms with Crippen LogP contribution in [0.3, 0.4) is 0 Å². The van der Waals surface area contributed by atoms with Crippen LogP contribution in [0, 0.1) is 11.3 Å². The SMILES string of the molecule is CN(C)c1ccc(N)c(Oc2cnccc2C#N)c1. The number of nitrogens with zero attached hydrogens (tertiary/aromatic N) is 3. The van der Waals surface area contributed by atoms with Crippen molar-refractivity contribution in [2.75, 3.05) is 24.7 Å². The normalized spacial score (nSPS) is 9.74. The molecule has 2 N–H and O–H groups in total. The van der Waals surface area contributed by atoms with Gasteiger partial charge in [0.15, 0.2) is 11.5 Å². The van der Waals surface area contributed by atoms with Crippen LogP contribution in [0.4, 0.5) is 11.4 Å². The molecule has 0 unspecified atom stereocenters. The average Bonchev–Trinajstić information content (AvgIpc) is 2.41. The Balaban J connectivity index is 2.38. The molecule has 0 fully saturated rings. The number of aromatic nitrogens is 1. The summed E-state index contributed by atoms with van der Waals surface area (Å²) in [7, 11) is 3.86. The first-order valence-electron chi connectivity index (χ1n) is 5.70. The number of hydrogen-bond donors (Lipinski definition) is 1. The molecule has 5 heteroatoms. The Labute approximate surface area is 111 Å². The number of ether oxygens (including phenoxy) is 1. The first-order valence-corrected chi connectivity index (χ1v) is 5.70. The molecule has 0 bridgehead atoms. The zero-order valence-corrected chi connectivity index (χ0v) is 10.8. The van der Waals surface area contributed by atoms with Crippen LogP contribution >= 0.6 is 0 Å². The molecular weight excluding hydrogens is 240 g/mol. The van der Waals surface area contributed by atoms with Crippen molar-refractivity contribution in [3.8, 4) is 17.6 Å². The second-order valence-electron chi connectivity index (χ2n) is 4.20. The molecule has 0 saturated carbocycles. The third kappa shape index (κ3) is 2.75. The van der Waals surface area contributed by atoms with Gasteiger partial charge in [0.25, 0.3) is 0 Å². The van der Waals surface area contributed by atoms with Gasteiger partial charge in [0.05, 0.1) is 17.4 Å². The van der Waals surface area contributed by atoms with Crippen LogP contribution in [0.15, 0.2) is 36.7 Å². The van der Waals surface area contributed by atoms with Crippen molar-refractivity contribution in [1.29, 1.82) is 5.26 Å². The molecule has 19 heavy (non-hydrogen) atoms. The van der Waals surface area contributed by atoms with Crippen molar-refractivity contribution in [1.82, 2.24) is 4.98 Å². The van der Waals surface area contributed by atoms with Crippen molar-refractivity contribution in [3.63, 3.8) is 0 Å². The van der Waals surface area contributed by atoms with Crippen LogP contribution in [0.25, 0.3) is 0 Å². The molecule has 96 valence electrons. The third-order valence-electron chi connectivity index (χ3n) is 2.64. The summed E-state index contributed by atoms with van der Waals surface area (Å²) in [5, 5.41) is 9.01. The zero-order valence-electron chi connectivity index (χ0n) is 10.8. The van der Waals surface area contributed by atoms with E-state index < -0.39 is 0 Å². The summed E-state index contributed by atoms with van der Waals surface area (Å²) in [5.74, 6) is 0.906. The van der Waals surface area contributed by atoms with Crippen LogP contribution in [-0.4, -0.2) is 19.1 Å². The van der Waals surface area contributed by atoms with Gasteiger partial charge in [-0.2, -0.15) is 5.26 Å². The van der Waals surface area contributed by atoms with E-state index in [1.54, 1.807) is 18.3 Å². The molecule has 0 aliphatic carbocycles. The third-order valence-corrected chi connectivity index (χ3v) is 2.64. The molecule has 1 aromatic carbocycles. The smallest absolute Gasteiger partial charge is 0.163 e. The van der Waals surface area contributed by atoms with E-state index in [4.69, 9.17) is 15.7 Å². The lowest BCUT2D eigenvalue weighted by Gasteiger charge is -2.15. The van der Waals surface area contributed by atoms with E-state index >= 15 is 0 Å². The van der Waals surface area contributed by atoms with E-state index in [0.29, 0.717) is 22.7 Å². The molecular formula is C14H14N4O. The number of hydrogen-bond acceptors (Lipinski definition) is 5. The predicted octanol–water partition coefficient (Wildman–Crippen LogP) is 2.39. The maximum Gasteiger partial charge on any atom is 0.163 e. The van der Waals surface area contributed by atoms with E-state index in [1.807, 2.05) is 31.1 Å². The molecule has 1 heterocycles. The van der Waals surface area contributed by atoms with Crippen LogP contribution < -0.4 is 15.4 Å². The number of pyridine rings is 1. The highest BCUT2D eigenvalue weighted by Crippen LogP contribution is 2.32. The molecule has 2 aromatic rings. The van der Waals surface area contributed by atoms with Gasteiger partial charge in [-0.25, -0.2) is 0 Å². The Morgan fingerprint density at radius 3 is 2.74 bits per heavy atom. The van der Waals surface area contributed by atoms with E-state index in [2.05, 4.69) is 11.1 Å². The summed E-state index contributed by atoms with van der Waals surface area (Å²) in [6.07, 6.45) is 3.05. The highest BCUT2D eigenvalue weighted by atomic mass is 16.5. The van der Waals surface area contributed by atoms with Crippen LogP contribution in [0.5, 0.6) is 11.5 Å². The highest BCUT2D eigenvalue weighted by Gasteiger charge is 2.08. The van der Waals surface area contributed by atoms with Gasteiger partial charge < -0.3 is 15.4 Å². The molecule has 1 aromatic heterocycles. The summed E-state index contributed by atoms with van der Waals surface area (Å²) < 4.78 is 5.69. The van der Waals surface area contributed by atoms with Crippen molar-refractivity contribution >= 4 is 11.4 Å². The number of rotatable bonds is 3. The topological polar surface area (TPSA) is 75.2 Å². The van der Waals surface area contributed by atoms with E-state index in [9.17, 15) is 0 Å². The fourth-order valence-electron chi connectivity index (χ4n) is 1.56. The number of benzene rings is 1. The van der Waals surface area contributed by atoms with Gasteiger partial charge in [-0.05, 0) is 18.2 Å². The van der Waals surface area contributed by atoms with Gasteiger partial charge in [-0.3, -0.25) is 4.98 Å². The Morgan fingerprint density at radius 1 is 1.26 bits per heavy atom. The van der Waals surface area contributed by atoms with Gasteiger partial charge >= 0.3 is 0 Å². The van der Waals surface area contributed by atoms with Gasteiger partial charge in [-0.15, -0.1) is 0 Å². The Morgan fingerprint density at radius 2 is 2.05 bits per heavy atom. The summed E-state index contributed by atoms with van der Waals surface area (Å²) in [6, 6.07) is 9.15. The van der Waals surface area contributed by atoms with Crippen molar-refractivity contribution in [2.45, 2.75) is 0 Å². The predicted molar refractivity (Wildman–Crippen MR) is 74.2 cm³/mol. The summed E-state index contributed by atoms with van der Waals surface area (Å²) in [4.78, 5) is 5.89. The number of nitrogen functional groups attached to an aromatic ring is 1. The quantitative estimate of drug-likeness (QED) is 0.851. The van der Waals surface area contributed by atoms with E-state index in [0.717, 1.165) is 5.69 Å². The molecule has 0 aliphatic rings. The molecule has 0 radical (unpaired) electrons. The van der Waals surface area contributed by atoms with Crippen molar-refractivity contribution in [2.24, 2.45) is 0 Å². The summed E-state index contributed by atoms with van der Waals surface area (Å²) >= 11 is 0. The lowest BCUT2D eigenvalue weighted by Crippen LogP contribution is -2.08. The Hall–Kier alpha value is -2.74. The molecule has 0 spiro atoms. The van der Waals surface area contributed by atoms with Crippen LogP contribution in [-0.2, 0) is 0 Å². The van der Waals surface area contributed by atoms with E-state index in [1.165, 1.54) is 6.20 Å². The molecule has 5 nitrogen and oxygen atoms in total. The Kier molecular flexibility index (Phi) is 3.53. The first-order chi connectivity index (χ1) is 9.11. The van der Waals surface area contributed by atoms with Gasteiger partial charge in [0.2, 0.25) is 0 Å². The van der Waals surface area contributed by atoms with Gasteiger partial charge in [0, 0.05) is 32.0 Å². The van der Waals surface area contributed by atoms with Gasteiger partial charge in [0.1, 0.15) is 6.07 Å². The fraction of sp³-hybridized carbons (Fsp3) is 0.143. The molecule has 0 saturated heterocycles. The fourth-order valence-corrected chi connectivity index (χ4v) is 1.56. The number of nitriles is 1. The largest absolute Gasteiger partial charge is 0.452 e. The monoisotopic (exact) mass is 254 g/mol. The molecule has 0 atom stereocenters.